The lowest BCUT2D eigenvalue weighted by atomic mass is 10.1. The molecule has 4 nitrogen and oxygen atoms in total. The Morgan fingerprint density at radius 3 is 2.50 bits per heavy atom. The van der Waals surface area contributed by atoms with Gasteiger partial charge in [-0.05, 0) is 6.07 Å². The van der Waals surface area contributed by atoms with Crippen molar-refractivity contribution in [2.45, 2.75) is 6.04 Å². The van der Waals surface area contributed by atoms with Crippen molar-refractivity contribution in [1.29, 1.82) is 0 Å². The van der Waals surface area contributed by atoms with Gasteiger partial charge in [-0.3, -0.25) is 0 Å². The summed E-state index contributed by atoms with van der Waals surface area (Å²) in [6.45, 7) is 1.73. The average Bonchev–Trinajstić information content (AvgIpc) is 2.57. The van der Waals surface area contributed by atoms with E-state index in [4.69, 9.17) is 19.9 Å². The molecule has 0 spiro atoms. The second-order valence-corrected chi connectivity index (χ2v) is 3.45. The molecule has 4 heteroatoms. The van der Waals surface area contributed by atoms with Crippen LogP contribution in [-0.2, 0) is 0 Å². The van der Waals surface area contributed by atoms with E-state index in [1.807, 2.05) is 12.1 Å². The minimum atomic E-state index is -0.0409. The zero-order valence-electron chi connectivity index (χ0n) is 7.66. The first-order chi connectivity index (χ1) is 6.84. The van der Waals surface area contributed by atoms with Crippen molar-refractivity contribution in [3.63, 3.8) is 0 Å². The molecule has 1 aromatic rings. The van der Waals surface area contributed by atoms with Crippen molar-refractivity contribution < 1.29 is 14.2 Å². The highest BCUT2D eigenvalue weighted by Crippen LogP contribution is 2.41. The Labute approximate surface area is 81.6 Å². The SMILES string of the molecule is N[C@H]1COc2cc3c(cc21)OCCO3. The van der Waals surface area contributed by atoms with Crippen LogP contribution in [0.15, 0.2) is 12.1 Å². The topological polar surface area (TPSA) is 53.7 Å². The predicted octanol–water partition coefficient (Wildman–Crippen LogP) is 0.850. The average molecular weight is 193 g/mol. The maximum Gasteiger partial charge on any atom is 0.165 e. The smallest absolute Gasteiger partial charge is 0.165 e. The Morgan fingerprint density at radius 2 is 1.71 bits per heavy atom. The van der Waals surface area contributed by atoms with Crippen LogP contribution in [0.3, 0.4) is 0 Å². The highest BCUT2D eigenvalue weighted by molar-refractivity contribution is 5.53. The molecule has 0 amide bonds. The van der Waals surface area contributed by atoms with E-state index in [2.05, 4.69) is 0 Å². The van der Waals surface area contributed by atoms with Gasteiger partial charge in [-0.1, -0.05) is 0 Å². The fraction of sp³-hybridized carbons (Fsp3) is 0.400. The van der Waals surface area contributed by atoms with E-state index in [9.17, 15) is 0 Å². The summed E-state index contributed by atoms with van der Waals surface area (Å²) in [4.78, 5) is 0. The van der Waals surface area contributed by atoms with Gasteiger partial charge in [-0.2, -0.15) is 0 Å². The Balaban J connectivity index is 2.11. The van der Waals surface area contributed by atoms with Crippen LogP contribution >= 0.6 is 0 Å². The van der Waals surface area contributed by atoms with Crippen molar-refractivity contribution >= 4 is 0 Å². The van der Waals surface area contributed by atoms with E-state index in [0.29, 0.717) is 19.8 Å². The lowest BCUT2D eigenvalue weighted by Gasteiger charge is -2.19. The van der Waals surface area contributed by atoms with Crippen LogP contribution in [0.1, 0.15) is 11.6 Å². The van der Waals surface area contributed by atoms with Crippen molar-refractivity contribution in [3.8, 4) is 17.2 Å². The molecule has 1 atom stereocenters. The standard InChI is InChI=1S/C10H11NO3/c11-7-5-14-8-4-10-9(3-6(7)8)12-1-2-13-10/h3-4,7H,1-2,5,11H2/t7-/m0/s1. The van der Waals surface area contributed by atoms with Gasteiger partial charge >= 0.3 is 0 Å². The number of benzene rings is 1. The van der Waals surface area contributed by atoms with Gasteiger partial charge in [0.1, 0.15) is 25.6 Å². The molecule has 0 bridgehead atoms. The summed E-state index contributed by atoms with van der Waals surface area (Å²) in [6.07, 6.45) is 0. The molecule has 1 aromatic carbocycles. The van der Waals surface area contributed by atoms with Crippen molar-refractivity contribution in [3.05, 3.63) is 17.7 Å². The molecule has 74 valence electrons. The molecule has 0 saturated heterocycles. The van der Waals surface area contributed by atoms with E-state index < -0.39 is 0 Å². The van der Waals surface area contributed by atoms with Gasteiger partial charge in [0, 0.05) is 11.6 Å². The molecule has 0 unspecified atom stereocenters. The van der Waals surface area contributed by atoms with Crippen LogP contribution in [0.2, 0.25) is 0 Å². The molecule has 0 radical (unpaired) electrons. The summed E-state index contributed by atoms with van der Waals surface area (Å²) >= 11 is 0. The van der Waals surface area contributed by atoms with Crippen LogP contribution < -0.4 is 19.9 Å². The zero-order valence-corrected chi connectivity index (χ0v) is 7.66. The van der Waals surface area contributed by atoms with Crippen molar-refractivity contribution in [1.82, 2.24) is 0 Å². The molecule has 0 aliphatic carbocycles. The quantitative estimate of drug-likeness (QED) is 0.663. The van der Waals surface area contributed by atoms with E-state index in [0.717, 1.165) is 22.8 Å². The summed E-state index contributed by atoms with van der Waals surface area (Å²) in [6, 6.07) is 3.74. The normalized spacial score (nSPS) is 22.8. The van der Waals surface area contributed by atoms with Crippen molar-refractivity contribution in [2.24, 2.45) is 5.73 Å². The molecule has 2 heterocycles. The van der Waals surface area contributed by atoms with Crippen LogP contribution in [0.5, 0.6) is 17.2 Å². The van der Waals surface area contributed by atoms with Crippen LogP contribution in [0.4, 0.5) is 0 Å². The highest BCUT2D eigenvalue weighted by atomic mass is 16.6. The first-order valence-corrected chi connectivity index (χ1v) is 4.66. The second-order valence-electron chi connectivity index (χ2n) is 3.45. The van der Waals surface area contributed by atoms with Gasteiger partial charge in [-0.15, -0.1) is 0 Å². The Morgan fingerprint density at radius 1 is 1.00 bits per heavy atom. The molecule has 0 fully saturated rings. The third-order valence-electron chi connectivity index (χ3n) is 2.49. The van der Waals surface area contributed by atoms with E-state index in [1.165, 1.54) is 0 Å². The lowest BCUT2D eigenvalue weighted by Crippen LogP contribution is -2.16. The largest absolute Gasteiger partial charge is 0.491 e. The maximum absolute atomic E-state index is 5.86. The van der Waals surface area contributed by atoms with Gasteiger partial charge < -0.3 is 19.9 Å². The number of nitrogens with two attached hydrogens (primary N) is 1. The van der Waals surface area contributed by atoms with E-state index >= 15 is 0 Å². The van der Waals surface area contributed by atoms with Gasteiger partial charge in [-0.25, -0.2) is 0 Å². The summed E-state index contributed by atoms with van der Waals surface area (Å²) in [5.41, 5.74) is 6.87. The first kappa shape index (κ1) is 7.94. The predicted molar refractivity (Wildman–Crippen MR) is 49.9 cm³/mol. The van der Waals surface area contributed by atoms with Crippen LogP contribution in [-0.4, -0.2) is 19.8 Å². The van der Waals surface area contributed by atoms with Crippen molar-refractivity contribution in [2.75, 3.05) is 19.8 Å². The molecule has 2 N–H and O–H groups in total. The second kappa shape index (κ2) is 2.78. The number of ether oxygens (including phenoxy) is 3. The minimum absolute atomic E-state index is 0.0409. The summed E-state index contributed by atoms with van der Waals surface area (Å²) < 4.78 is 16.3. The van der Waals surface area contributed by atoms with Gasteiger partial charge in [0.05, 0.1) is 6.04 Å². The Hall–Kier alpha value is -1.42. The first-order valence-electron chi connectivity index (χ1n) is 4.66. The molecule has 2 aliphatic rings. The Kier molecular flexibility index (Phi) is 1.58. The number of hydrogen-bond acceptors (Lipinski definition) is 4. The van der Waals surface area contributed by atoms with Gasteiger partial charge in [0.25, 0.3) is 0 Å². The zero-order chi connectivity index (χ0) is 9.54. The lowest BCUT2D eigenvalue weighted by molar-refractivity contribution is 0.171. The van der Waals surface area contributed by atoms with E-state index in [-0.39, 0.29) is 6.04 Å². The fourth-order valence-corrected chi connectivity index (χ4v) is 1.77. The molecular weight excluding hydrogens is 182 g/mol. The highest BCUT2D eigenvalue weighted by Gasteiger charge is 2.25. The van der Waals surface area contributed by atoms with Crippen LogP contribution in [0.25, 0.3) is 0 Å². The number of fused-ring (bicyclic) bond motifs is 2. The van der Waals surface area contributed by atoms with Gasteiger partial charge in [0.15, 0.2) is 11.5 Å². The van der Waals surface area contributed by atoms with Gasteiger partial charge in [0.2, 0.25) is 0 Å². The third-order valence-corrected chi connectivity index (χ3v) is 2.49. The minimum Gasteiger partial charge on any atom is -0.491 e. The summed E-state index contributed by atoms with van der Waals surface area (Å²) in [5.74, 6) is 2.35. The summed E-state index contributed by atoms with van der Waals surface area (Å²) in [7, 11) is 0. The molecule has 3 rings (SSSR count). The molecule has 0 aromatic heterocycles. The molecule has 14 heavy (non-hydrogen) atoms. The van der Waals surface area contributed by atoms with Crippen LogP contribution in [0, 0.1) is 0 Å². The monoisotopic (exact) mass is 193 g/mol. The number of rotatable bonds is 0. The fourth-order valence-electron chi connectivity index (χ4n) is 1.77. The summed E-state index contributed by atoms with van der Waals surface area (Å²) in [5, 5.41) is 0. The molecule has 0 saturated carbocycles. The molecule has 2 aliphatic heterocycles. The third kappa shape index (κ3) is 1.04. The Bertz CT molecular complexity index is 377. The van der Waals surface area contributed by atoms with E-state index in [1.54, 1.807) is 0 Å². The maximum atomic E-state index is 5.86. The number of hydrogen-bond donors (Lipinski definition) is 1. The molecular formula is C10H11NO3.